The summed E-state index contributed by atoms with van der Waals surface area (Å²) in [5.41, 5.74) is 3.04. The van der Waals surface area contributed by atoms with Crippen LogP contribution in [0.1, 0.15) is 32.9 Å². The number of imidazole rings is 1. The summed E-state index contributed by atoms with van der Waals surface area (Å²) in [4.78, 5) is 20.7. The van der Waals surface area contributed by atoms with Crippen molar-refractivity contribution in [3.63, 3.8) is 0 Å². The summed E-state index contributed by atoms with van der Waals surface area (Å²) in [6.45, 7) is 0.915. The lowest BCUT2D eigenvalue weighted by Gasteiger charge is -2.09. The summed E-state index contributed by atoms with van der Waals surface area (Å²) in [6.07, 6.45) is 3.99. The molecular weight excluding hydrogens is 503 g/mol. The van der Waals surface area contributed by atoms with Crippen LogP contribution in [0.25, 0.3) is 16.9 Å². The van der Waals surface area contributed by atoms with E-state index < -0.39 is 11.8 Å². The number of pyridine rings is 1. The molecule has 0 spiro atoms. The number of aromatic nitrogens is 5. The molecule has 5 aromatic rings. The summed E-state index contributed by atoms with van der Waals surface area (Å²) in [5.74, 6) is 0.0400. The lowest BCUT2D eigenvalue weighted by atomic mass is 10.1. The smallest absolute Gasteiger partial charge is 0.335 e. The Balaban J connectivity index is 1.35. The van der Waals surface area contributed by atoms with Gasteiger partial charge in [0.1, 0.15) is 18.2 Å². The molecule has 0 aliphatic heterocycles. The van der Waals surface area contributed by atoms with Crippen LogP contribution in [-0.2, 0) is 24.3 Å². The number of aromatic carboxylic acids is 1. The topological polar surface area (TPSA) is 128 Å². The molecule has 0 radical (unpaired) electrons. The van der Waals surface area contributed by atoms with Crippen LogP contribution in [-0.4, -0.2) is 49.1 Å². The number of carbonyl (C=O) groups is 1. The first-order valence-corrected chi connectivity index (χ1v) is 12.0. The molecule has 2 aromatic carbocycles. The summed E-state index contributed by atoms with van der Waals surface area (Å²) in [7, 11) is 1.61. The Bertz CT molecular complexity index is 1700. The van der Waals surface area contributed by atoms with E-state index in [4.69, 9.17) is 19.7 Å². The van der Waals surface area contributed by atoms with Gasteiger partial charge in [-0.1, -0.05) is 12.1 Å². The molecule has 0 bridgehead atoms. The van der Waals surface area contributed by atoms with Crippen molar-refractivity contribution in [2.45, 2.75) is 19.6 Å². The Hall–Kier alpha value is -5.08. The van der Waals surface area contributed by atoms with Gasteiger partial charge in [-0.05, 0) is 42.0 Å². The van der Waals surface area contributed by atoms with E-state index in [9.17, 15) is 14.3 Å². The number of methoxy groups -OCH3 is 1. The van der Waals surface area contributed by atoms with Crippen LogP contribution in [0.3, 0.4) is 0 Å². The molecule has 0 aliphatic rings. The Kier molecular flexibility index (Phi) is 7.29. The normalized spacial score (nSPS) is 11.0. The summed E-state index contributed by atoms with van der Waals surface area (Å²) < 4.78 is 28.7. The van der Waals surface area contributed by atoms with E-state index in [0.29, 0.717) is 42.4 Å². The lowest BCUT2D eigenvalue weighted by Crippen LogP contribution is -2.09. The maximum absolute atomic E-state index is 14.2. The van der Waals surface area contributed by atoms with Crippen molar-refractivity contribution in [2.75, 3.05) is 13.7 Å². The van der Waals surface area contributed by atoms with E-state index >= 15 is 0 Å². The summed E-state index contributed by atoms with van der Waals surface area (Å²) in [5, 5.41) is 22.7. The third kappa shape index (κ3) is 5.61. The highest BCUT2D eigenvalue weighted by atomic mass is 19.1. The third-order valence-electron chi connectivity index (χ3n) is 6.09. The molecule has 0 amide bonds. The maximum Gasteiger partial charge on any atom is 0.335 e. The first-order valence-electron chi connectivity index (χ1n) is 12.0. The number of rotatable bonds is 10. The van der Waals surface area contributed by atoms with E-state index in [2.05, 4.69) is 10.1 Å². The van der Waals surface area contributed by atoms with Gasteiger partial charge in [-0.15, -0.1) is 0 Å². The Morgan fingerprint density at radius 1 is 1.15 bits per heavy atom. The highest BCUT2D eigenvalue weighted by molar-refractivity contribution is 5.92. The standard InChI is InChI=1S/C28H23FN6O4/c1-38-10-9-34-24-13-20(28(36)37)7-8-23(24)32-26(34)12-19-15-31-35(16-19)25-3-2-4-27(33-25)39-17-21-6-5-18(14-30)11-22(21)29/h2-8,11,13,15-16H,9-10,12,17H2,1H3,(H,36,37). The highest BCUT2D eigenvalue weighted by Gasteiger charge is 2.15. The molecule has 0 fully saturated rings. The minimum Gasteiger partial charge on any atom is -0.478 e. The summed E-state index contributed by atoms with van der Waals surface area (Å²) in [6, 6.07) is 16.2. The molecule has 11 heteroatoms. The number of nitriles is 1. The van der Waals surface area contributed by atoms with Crippen LogP contribution < -0.4 is 4.74 Å². The molecule has 10 nitrogen and oxygen atoms in total. The van der Waals surface area contributed by atoms with Crippen LogP contribution in [0, 0.1) is 17.1 Å². The first kappa shape index (κ1) is 25.6. The zero-order valence-corrected chi connectivity index (χ0v) is 20.9. The molecule has 39 heavy (non-hydrogen) atoms. The second-order valence-electron chi connectivity index (χ2n) is 8.69. The number of fused-ring (bicyclic) bond motifs is 1. The quantitative estimate of drug-likeness (QED) is 0.288. The first-order chi connectivity index (χ1) is 18.9. The van der Waals surface area contributed by atoms with Gasteiger partial charge in [-0.25, -0.2) is 18.9 Å². The van der Waals surface area contributed by atoms with Gasteiger partial charge in [0, 0.05) is 37.9 Å². The number of ether oxygens (including phenoxy) is 2. The van der Waals surface area contributed by atoms with Crippen molar-refractivity contribution in [1.29, 1.82) is 5.26 Å². The molecule has 0 saturated heterocycles. The number of halogens is 1. The Labute approximate surface area is 222 Å². The van der Waals surface area contributed by atoms with Crippen LogP contribution in [0.4, 0.5) is 4.39 Å². The Morgan fingerprint density at radius 2 is 2.03 bits per heavy atom. The van der Waals surface area contributed by atoms with Crippen molar-refractivity contribution >= 4 is 17.0 Å². The van der Waals surface area contributed by atoms with Gasteiger partial charge in [0.25, 0.3) is 0 Å². The summed E-state index contributed by atoms with van der Waals surface area (Å²) >= 11 is 0. The second-order valence-corrected chi connectivity index (χ2v) is 8.69. The molecule has 0 unspecified atom stereocenters. The van der Waals surface area contributed by atoms with Crippen LogP contribution in [0.2, 0.25) is 0 Å². The zero-order valence-electron chi connectivity index (χ0n) is 20.9. The Morgan fingerprint density at radius 3 is 2.79 bits per heavy atom. The van der Waals surface area contributed by atoms with E-state index in [1.165, 1.54) is 24.3 Å². The third-order valence-corrected chi connectivity index (χ3v) is 6.09. The lowest BCUT2D eigenvalue weighted by molar-refractivity contribution is 0.0697. The van der Waals surface area contributed by atoms with Gasteiger partial charge in [0.05, 0.1) is 41.0 Å². The van der Waals surface area contributed by atoms with E-state index in [0.717, 1.165) is 16.9 Å². The zero-order chi connectivity index (χ0) is 27.4. The van der Waals surface area contributed by atoms with Crippen molar-refractivity contribution < 1.29 is 23.8 Å². The number of hydrogen-bond acceptors (Lipinski definition) is 7. The number of hydrogen-bond donors (Lipinski definition) is 1. The molecule has 196 valence electrons. The van der Waals surface area contributed by atoms with Gasteiger partial charge in [0.15, 0.2) is 5.82 Å². The molecule has 3 aromatic heterocycles. The van der Waals surface area contributed by atoms with Crippen molar-refractivity contribution in [3.05, 3.63) is 101 Å². The number of benzene rings is 2. The fraction of sp³-hybridized carbons (Fsp3) is 0.179. The highest BCUT2D eigenvalue weighted by Crippen LogP contribution is 2.21. The van der Waals surface area contributed by atoms with Crippen LogP contribution in [0.5, 0.6) is 5.88 Å². The van der Waals surface area contributed by atoms with Crippen molar-refractivity contribution in [1.82, 2.24) is 24.3 Å². The van der Waals surface area contributed by atoms with Crippen LogP contribution in [0.15, 0.2) is 67.0 Å². The molecule has 3 heterocycles. The largest absolute Gasteiger partial charge is 0.478 e. The molecule has 0 atom stereocenters. The van der Waals surface area contributed by atoms with Gasteiger partial charge < -0.3 is 19.1 Å². The van der Waals surface area contributed by atoms with Crippen molar-refractivity contribution in [3.8, 4) is 17.8 Å². The van der Waals surface area contributed by atoms with E-state index in [-0.39, 0.29) is 17.7 Å². The van der Waals surface area contributed by atoms with E-state index in [1.807, 2.05) is 16.8 Å². The minimum absolute atomic E-state index is 0.0420. The molecular formula is C28H23FN6O4. The predicted octanol–water partition coefficient (Wildman–Crippen LogP) is 4.14. The average molecular weight is 527 g/mol. The second kappa shape index (κ2) is 11.1. The maximum atomic E-state index is 14.2. The van der Waals surface area contributed by atoms with Crippen molar-refractivity contribution in [2.24, 2.45) is 0 Å². The van der Waals surface area contributed by atoms with Gasteiger partial charge in [-0.2, -0.15) is 15.3 Å². The van der Waals surface area contributed by atoms with Crippen LogP contribution >= 0.6 is 0 Å². The molecule has 0 saturated carbocycles. The minimum atomic E-state index is -1.00. The van der Waals surface area contributed by atoms with E-state index in [1.54, 1.807) is 48.3 Å². The fourth-order valence-electron chi connectivity index (χ4n) is 4.13. The predicted molar refractivity (Wildman–Crippen MR) is 138 cm³/mol. The average Bonchev–Trinajstić information content (AvgIpc) is 3.55. The monoisotopic (exact) mass is 526 g/mol. The molecule has 5 rings (SSSR count). The van der Waals surface area contributed by atoms with Gasteiger partial charge in [-0.3, -0.25) is 0 Å². The molecule has 0 aliphatic carbocycles. The number of nitrogens with zero attached hydrogens (tertiary/aromatic N) is 6. The van der Waals surface area contributed by atoms with Gasteiger partial charge >= 0.3 is 5.97 Å². The molecule has 1 N–H and O–H groups in total. The van der Waals surface area contributed by atoms with Gasteiger partial charge in [0.2, 0.25) is 5.88 Å². The number of carboxylic acid groups (broad SMARTS) is 1. The fourth-order valence-corrected chi connectivity index (χ4v) is 4.13. The number of carboxylic acids is 1. The SMILES string of the molecule is COCCn1c(Cc2cnn(-c3cccc(OCc4ccc(C#N)cc4F)n3)c2)nc2ccc(C(=O)O)cc21.